The summed E-state index contributed by atoms with van der Waals surface area (Å²) in [5.74, 6) is 0.982. The zero-order valence-corrected chi connectivity index (χ0v) is 14.0. The van der Waals surface area contributed by atoms with Crippen LogP contribution in [0.3, 0.4) is 0 Å². The molecular formula is C17H36N2. The van der Waals surface area contributed by atoms with Crippen molar-refractivity contribution in [2.24, 2.45) is 5.92 Å². The average molecular weight is 268 g/mol. The van der Waals surface area contributed by atoms with Gasteiger partial charge in [0.05, 0.1) is 0 Å². The highest BCUT2D eigenvalue weighted by atomic mass is 15.2. The summed E-state index contributed by atoms with van der Waals surface area (Å²) in [5, 5.41) is 3.87. The minimum absolute atomic E-state index is 0.314. The van der Waals surface area contributed by atoms with Crippen LogP contribution < -0.4 is 5.32 Å². The number of nitrogens with zero attached hydrogens (tertiary/aromatic N) is 1. The zero-order chi connectivity index (χ0) is 14.3. The van der Waals surface area contributed by atoms with Crippen molar-refractivity contribution in [2.45, 2.75) is 84.7 Å². The third kappa shape index (κ3) is 4.19. The van der Waals surface area contributed by atoms with Gasteiger partial charge in [-0.2, -0.15) is 0 Å². The van der Waals surface area contributed by atoms with Gasteiger partial charge in [0, 0.05) is 11.6 Å². The molecule has 0 amide bonds. The van der Waals surface area contributed by atoms with E-state index in [0.29, 0.717) is 11.6 Å². The third-order valence-electron chi connectivity index (χ3n) is 5.39. The van der Waals surface area contributed by atoms with Crippen LogP contribution >= 0.6 is 0 Å². The Morgan fingerprint density at radius 1 is 1.16 bits per heavy atom. The molecular weight excluding hydrogens is 232 g/mol. The minimum atomic E-state index is 0.314. The van der Waals surface area contributed by atoms with E-state index in [4.69, 9.17) is 0 Å². The first-order chi connectivity index (χ1) is 9.12. The molecule has 0 aromatic heterocycles. The highest BCUT2D eigenvalue weighted by Gasteiger charge is 2.38. The van der Waals surface area contributed by atoms with Gasteiger partial charge in [0.1, 0.15) is 0 Å². The van der Waals surface area contributed by atoms with E-state index in [-0.39, 0.29) is 0 Å². The summed E-state index contributed by atoms with van der Waals surface area (Å²) in [4.78, 5) is 2.67. The zero-order valence-electron chi connectivity index (χ0n) is 14.0. The van der Waals surface area contributed by atoms with Crippen molar-refractivity contribution in [3.05, 3.63) is 0 Å². The van der Waals surface area contributed by atoms with Crippen molar-refractivity contribution < 1.29 is 0 Å². The molecule has 19 heavy (non-hydrogen) atoms. The fraction of sp³-hybridized carbons (Fsp3) is 1.00. The normalized spacial score (nSPS) is 21.2. The minimum Gasteiger partial charge on any atom is -0.312 e. The van der Waals surface area contributed by atoms with Gasteiger partial charge in [-0.1, -0.05) is 47.0 Å². The highest BCUT2D eigenvalue weighted by molar-refractivity contribution is 4.97. The molecule has 2 nitrogen and oxygen atoms in total. The van der Waals surface area contributed by atoms with Gasteiger partial charge in [0.25, 0.3) is 0 Å². The van der Waals surface area contributed by atoms with Crippen molar-refractivity contribution in [3.8, 4) is 0 Å². The van der Waals surface area contributed by atoms with Crippen LogP contribution in [-0.2, 0) is 0 Å². The lowest BCUT2D eigenvalue weighted by atomic mass is 9.75. The molecule has 1 aliphatic carbocycles. The van der Waals surface area contributed by atoms with Crippen molar-refractivity contribution in [1.82, 2.24) is 10.2 Å². The predicted octanol–water partition coefficient (Wildman–Crippen LogP) is 4.06. The maximum Gasteiger partial charge on any atom is 0.0331 e. The van der Waals surface area contributed by atoms with E-state index in [0.717, 1.165) is 25.6 Å². The number of nitrogens with one attached hydrogen (secondary N) is 1. The molecule has 0 aromatic carbocycles. The van der Waals surface area contributed by atoms with E-state index in [1.807, 2.05) is 0 Å². The Balaban J connectivity index is 2.75. The third-order valence-corrected chi connectivity index (χ3v) is 5.39. The molecule has 0 heterocycles. The summed E-state index contributed by atoms with van der Waals surface area (Å²) in [6.45, 7) is 15.2. The van der Waals surface area contributed by atoms with E-state index in [1.165, 1.54) is 38.5 Å². The average Bonchev–Trinajstić information content (AvgIpc) is 2.37. The van der Waals surface area contributed by atoms with Gasteiger partial charge in [0.15, 0.2) is 0 Å². The van der Waals surface area contributed by atoms with E-state index < -0.39 is 0 Å². The molecule has 1 N–H and O–H groups in total. The molecule has 1 saturated carbocycles. The summed E-state index contributed by atoms with van der Waals surface area (Å²) >= 11 is 0. The Kier molecular flexibility index (Phi) is 7.38. The number of likely N-dealkylation sites (N-methyl/N-ethyl adjacent to an activating group) is 1. The summed E-state index contributed by atoms with van der Waals surface area (Å²) in [7, 11) is 0. The molecule has 0 spiro atoms. The van der Waals surface area contributed by atoms with Gasteiger partial charge in [0.2, 0.25) is 0 Å². The smallest absolute Gasteiger partial charge is 0.0331 e. The van der Waals surface area contributed by atoms with E-state index in [9.17, 15) is 0 Å². The van der Waals surface area contributed by atoms with Crippen LogP contribution in [0.25, 0.3) is 0 Å². The van der Waals surface area contributed by atoms with Crippen molar-refractivity contribution >= 4 is 0 Å². The summed E-state index contributed by atoms with van der Waals surface area (Å²) < 4.78 is 0. The lowest BCUT2D eigenvalue weighted by molar-refractivity contribution is 0.0531. The van der Waals surface area contributed by atoms with Gasteiger partial charge < -0.3 is 5.32 Å². The lowest BCUT2D eigenvalue weighted by Gasteiger charge is -2.48. The molecule has 0 bridgehead atoms. The Morgan fingerprint density at radius 3 is 2.16 bits per heavy atom. The molecule has 0 saturated heterocycles. The topological polar surface area (TPSA) is 15.3 Å². The monoisotopic (exact) mass is 268 g/mol. The Labute approximate surface area is 121 Å². The largest absolute Gasteiger partial charge is 0.312 e. The van der Waals surface area contributed by atoms with Crippen molar-refractivity contribution in [3.63, 3.8) is 0 Å². The van der Waals surface area contributed by atoms with Crippen LogP contribution in [0, 0.1) is 5.92 Å². The molecule has 2 heteroatoms. The van der Waals surface area contributed by atoms with Gasteiger partial charge in [-0.25, -0.2) is 0 Å². The second-order valence-electron chi connectivity index (χ2n) is 6.42. The first-order valence-corrected chi connectivity index (χ1v) is 8.60. The fourth-order valence-corrected chi connectivity index (χ4v) is 3.57. The highest BCUT2D eigenvalue weighted by Crippen LogP contribution is 2.35. The number of hydrogen-bond donors (Lipinski definition) is 1. The molecule has 2 unspecified atom stereocenters. The lowest BCUT2D eigenvalue weighted by Crippen LogP contribution is -2.60. The van der Waals surface area contributed by atoms with Crippen LogP contribution in [0.4, 0.5) is 0 Å². The molecule has 0 aromatic rings. The molecule has 0 aliphatic heterocycles. The second kappa shape index (κ2) is 8.26. The molecule has 0 radical (unpaired) electrons. The van der Waals surface area contributed by atoms with E-state index in [2.05, 4.69) is 44.8 Å². The maximum atomic E-state index is 3.87. The van der Waals surface area contributed by atoms with Crippen LogP contribution in [-0.4, -0.2) is 36.1 Å². The van der Waals surface area contributed by atoms with E-state index >= 15 is 0 Å². The van der Waals surface area contributed by atoms with Gasteiger partial charge >= 0.3 is 0 Å². The fourth-order valence-electron chi connectivity index (χ4n) is 3.57. The quantitative estimate of drug-likeness (QED) is 0.643. The number of hydrogen-bond acceptors (Lipinski definition) is 2. The summed E-state index contributed by atoms with van der Waals surface area (Å²) in [6.07, 6.45) is 8.23. The predicted molar refractivity (Wildman–Crippen MR) is 85.7 cm³/mol. The van der Waals surface area contributed by atoms with Crippen LogP contribution in [0.5, 0.6) is 0 Å². The van der Waals surface area contributed by atoms with Crippen LogP contribution in [0.2, 0.25) is 0 Å². The number of rotatable bonds is 10. The summed E-state index contributed by atoms with van der Waals surface area (Å²) in [6, 6.07) is 0.655. The molecule has 114 valence electrons. The molecule has 1 rings (SSSR count). The standard InChI is InChI=1S/C17H36N2/c1-6-13-18-16(14-15-11-10-12-15)17(5,7-2)19(8-3)9-4/h15-16,18H,6-14H2,1-5H3. The molecule has 1 aliphatic rings. The first-order valence-electron chi connectivity index (χ1n) is 8.60. The molecule has 1 fully saturated rings. The van der Waals surface area contributed by atoms with Crippen LogP contribution in [0.15, 0.2) is 0 Å². The van der Waals surface area contributed by atoms with E-state index in [1.54, 1.807) is 0 Å². The van der Waals surface area contributed by atoms with Gasteiger partial charge in [-0.15, -0.1) is 0 Å². The maximum absolute atomic E-state index is 3.87. The van der Waals surface area contributed by atoms with Crippen LogP contribution in [0.1, 0.15) is 73.1 Å². The Hall–Kier alpha value is -0.0800. The Morgan fingerprint density at radius 2 is 1.79 bits per heavy atom. The molecule has 2 atom stereocenters. The second-order valence-corrected chi connectivity index (χ2v) is 6.42. The Bertz CT molecular complexity index is 233. The van der Waals surface area contributed by atoms with Crippen molar-refractivity contribution in [1.29, 1.82) is 0 Å². The van der Waals surface area contributed by atoms with Gasteiger partial charge in [-0.05, 0) is 51.7 Å². The first kappa shape index (κ1) is 17.0. The van der Waals surface area contributed by atoms with Crippen molar-refractivity contribution in [2.75, 3.05) is 19.6 Å². The SMILES string of the molecule is CCCNC(CC1CCC1)C(C)(CC)N(CC)CC. The van der Waals surface area contributed by atoms with Gasteiger partial charge in [-0.3, -0.25) is 4.90 Å². The summed E-state index contributed by atoms with van der Waals surface area (Å²) in [5.41, 5.74) is 0.314.